The Morgan fingerprint density at radius 1 is 1.13 bits per heavy atom. The zero-order chi connectivity index (χ0) is 22.2. The van der Waals surface area contributed by atoms with Crippen LogP contribution in [0.4, 0.5) is 0 Å². The van der Waals surface area contributed by atoms with Gasteiger partial charge in [-0.25, -0.2) is 0 Å². The lowest BCUT2D eigenvalue weighted by atomic mass is 10.1. The van der Waals surface area contributed by atoms with Crippen molar-refractivity contribution in [3.63, 3.8) is 0 Å². The summed E-state index contributed by atoms with van der Waals surface area (Å²) in [7, 11) is 0. The molecule has 166 valence electrons. The molecule has 1 N–H and O–H groups in total. The zero-order valence-corrected chi connectivity index (χ0v) is 19.8. The summed E-state index contributed by atoms with van der Waals surface area (Å²) in [6.07, 6.45) is 4.33. The van der Waals surface area contributed by atoms with Gasteiger partial charge in [0.2, 0.25) is 11.8 Å². The largest absolute Gasteiger partial charge is 0.352 e. The minimum absolute atomic E-state index is 0.0499. The Morgan fingerprint density at radius 2 is 1.81 bits per heavy atom. The first kappa shape index (κ1) is 23.7. The van der Waals surface area contributed by atoms with Gasteiger partial charge in [0.15, 0.2) is 0 Å². The van der Waals surface area contributed by atoms with Gasteiger partial charge in [-0.15, -0.1) is 11.8 Å². The van der Waals surface area contributed by atoms with Crippen molar-refractivity contribution in [3.05, 3.63) is 70.2 Å². The maximum atomic E-state index is 13.2. The van der Waals surface area contributed by atoms with Crippen LogP contribution in [0.2, 0.25) is 5.02 Å². The van der Waals surface area contributed by atoms with Gasteiger partial charge in [-0.1, -0.05) is 72.5 Å². The molecule has 6 heteroatoms. The van der Waals surface area contributed by atoms with Crippen LogP contribution in [0.5, 0.6) is 0 Å². The quantitative estimate of drug-likeness (QED) is 0.550. The molecular weight excluding hydrogens is 428 g/mol. The smallest absolute Gasteiger partial charge is 0.242 e. The van der Waals surface area contributed by atoms with Crippen LogP contribution in [0, 0.1) is 6.92 Å². The summed E-state index contributed by atoms with van der Waals surface area (Å²) in [4.78, 5) is 27.7. The molecule has 1 aliphatic rings. The Labute approximate surface area is 194 Å². The predicted octanol–water partition coefficient (Wildman–Crippen LogP) is 5.36. The lowest BCUT2D eigenvalue weighted by Gasteiger charge is -2.30. The van der Waals surface area contributed by atoms with Gasteiger partial charge in [-0.2, -0.15) is 0 Å². The van der Waals surface area contributed by atoms with Crippen molar-refractivity contribution in [2.75, 3.05) is 5.75 Å². The van der Waals surface area contributed by atoms with Gasteiger partial charge in [0.25, 0.3) is 0 Å². The van der Waals surface area contributed by atoms with Crippen molar-refractivity contribution in [3.8, 4) is 0 Å². The van der Waals surface area contributed by atoms with Gasteiger partial charge < -0.3 is 10.2 Å². The lowest BCUT2D eigenvalue weighted by Crippen LogP contribution is -2.50. The molecule has 0 aromatic heterocycles. The zero-order valence-electron chi connectivity index (χ0n) is 18.3. The number of carbonyl (C=O) groups is 2. The fourth-order valence-corrected chi connectivity index (χ4v) is 4.87. The number of hydrogen-bond donors (Lipinski definition) is 1. The third-order valence-electron chi connectivity index (χ3n) is 5.78. The lowest BCUT2D eigenvalue weighted by molar-refractivity contribution is -0.138. The summed E-state index contributed by atoms with van der Waals surface area (Å²) >= 11 is 7.92. The van der Waals surface area contributed by atoms with Gasteiger partial charge in [0.05, 0.1) is 5.75 Å². The van der Waals surface area contributed by atoms with Crippen LogP contribution in [-0.4, -0.2) is 34.6 Å². The summed E-state index contributed by atoms with van der Waals surface area (Å²) in [5, 5.41) is 3.74. The van der Waals surface area contributed by atoms with Crippen LogP contribution in [0.15, 0.2) is 48.5 Å². The van der Waals surface area contributed by atoms with E-state index in [4.69, 9.17) is 11.6 Å². The van der Waals surface area contributed by atoms with E-state index in [1.807, 2.05) is 31.2 Å². The maximum Gasteiger partial charge on any atom is 0.242 e. The topological polar surface area (TPSA) is 49.4 Å². The maximum absolute atomic E-state index is 13.2. The predicted molar refractivity (Wildman–Crippen MR) is 129 cm³/mol. The van der Waals surface area contributed by atoms with E-state index in [1.54, 1.807) is 16.7 Å². The van der Waals surface area contributed by atoms with Crippen molar-refractivity contribution in [1.29, 1.82) is 0 Å². The number of thioether (sulfide) groups is 1. The first-order valence-corrected chi connectivity index (χ1v) is 12.4. The van der Waals surface area contributed by atoms with Gasteiger partial charge in [0, 0.05) is 23.4 Å². The summed E-state index contributed by atoms with van der Waals surface area (Å²) in [5.41, 5.74) is 3.26. The molecule has 3 rings (SSSR count). The average Bonchev–Trinajstić information content (AvgIpc) is 3.27. The molecule has 1 fully saturated rings. The molecule has 2 aromatic carbocycles. The molecule has 0 saturated heterocycles. The Bertz CT molecular complexity index is 881. The summed E-state index contributed by atoms with van der Waals surface area (Å²) in [6, 6.07) is 15.5. The molecule has 1 aliphatic carbocycles. The second kappa shape index (κ2) is 11.6. The summed E-state index contributed by atoms with van der Waals surface area (Å²) in [6.45, 7) is 4.19. The number of rotatable bonds is 9. The fourth-order valence-electron chi connectivity index (χ4n) is 3.81. The van der Waals surface area contributed by atoms with E-state index in [2.05, 4.69) is 36.5 Å². The van der Waals surface area contributed by atoms with Crippen molar-refractivity contribution < 1.29 is 9.59 Å². The Balaban J connectivity index is 1.66. The number of amides is 2. The Kier molecular flexibility index (Phi) is 8.85. The van der Waals surface area contributed by atoms with Crippen LogP contribution in [-0.2, 0) is 21.9 Å². The average molecular weight is 459 g/mol. The number of carbonyl (C=O) groups excluding carboxylic acids is 2. The van der Waals surface area contributed by atoms with Gasteiger partial charge in [-0.3, -0.25) is 9.59 Å². The highest BCUT2D eigenvalue weighted by atomic mass is 35.5. The molecule has 31 heavy (non-hydrogen) atoms. The molecule has 0 radical (unpaired) electrons. The molecule has 2 amide bonds. The van der Waals surface area contributed by atoms with E-state index in [9.17, 15) is 9.59 Å². The first-order chi connectivity index (χ1) is 14.9. The van der Waals surface area contributed by atoms with E-state index in [-0.39, 0.29) is 17.9 Å². The van der Waals surface area contributed by atoms with Crippen LogP contribution >= 0.6 is 23.4 Å². The van der Waals surface area contributed by atoms with Crippen molar-refractivity contribution in [1.82, 2.24) is 10.2 Å². The summed E-state index contributed by atoms with van der Waals surface area (Å²) in [5.74, 6) is 0.940. The SMILES string of the molecule is Cc1ccc(CSCC(=O)N(Cc2ccccc2Cl)[C@@H](C)C(=O)NC2CCCC2)cc1. The number of nitrogens with one attached hydrogen (secondary N) is 1. The monoisotopic (exact) mass is 458 g/mol. The van der Waals surface area contributed by atoms with E-state index in [0.29, 0.717) is 17.3 Å². The van der Waals surface area contributed by atoms with Crippen LogP contribution in [0.1, 0.15) is 49.3 Å². The molecule has 0 unspecified atom stereocenters. The van der Waals surface area contributed by atoms with E-state index < -0.39 is 6.04 Å². The molecule has 1 saturated carbocycles. The molecule has 0 aliphatic heterocycles. The first-order valence-electron chi connectivity index (χ1n) is 10.9. The number of halogens is 1. The normalized spacial score (nSPS) is 14.9. The van der Waals surface area contributed by atoms with Crippen molar-refractivity contribution >= 4 is 35.2 Å². The van der Waals surface area contributed by atoms with Gasteiger partial charge in [0.1, 0.15) is 6.04 Å². The Hall–Kier alpha value is -1.98. The molecule has 0 heterocycles. The number of benzene rings is 2. The Morgan fingerprint density at radius 3 is 2.48 bits per heavy atom. The van der Waals surface area contributed by atoms with Crippen molar-refractivity contribution in [2.24, 2.45) is 0 Å². The number of nitrogens with zero attached hydrogens (tertiary/aromatic N) is 1. The molecule has 0 bridgehead atoms. The second-order valence-corrected chi connectivity index (χ2v) is 9.65. The van der Waals surface area contributed by atoms with E-state index in [0.717, 1.165) is 37.0 Å². The van der Waals surface area contributed by atoms with E-state index >= 15 is 0 Å². The van der Waals surface area contributed by atoms with Crippen LogP contribution < -0.4 is 5.32 Å². The second-order valence-electron chi connectivity index (χ2n) is 8.26. The standard InChI is InChI=1S/C25H31ClN2O2S/c1-18-11-13-20(14-12-18)16-31-17-24(29)28(15-21-7-3-6-10-23(21)26)19(2)25(30)27-22-8-4-5-9-22/h3,6-7,10-14,19,22H,4-5,8-9,15-17H2,1-2H3,(H,27,30)/t19-/m0/s1. The van der Waals surface area contributed by atoms with Crippen LogP contribution in [0.25, 0.3) is 0 Å². The van der Waals surface area contributed by atoms with Crippen molar-refractivity contribution in [2.45, 2.75) is 63.9 Å². The van der Waals surface area contributed by atoms with Crippen LogP contribution in [0.3, 0.4) is 0 Å². The van der Waals surface area contributed by atoms with Gasteiger partial charge >= 0.3 is 0 Å². The number of hydrogen-bond acceptors (Lipinski definition) is 3. The third-order valence-corrected chi connectivity index (χ3v) is 7.14. The highest BCUT2D eigenvalue weighted by molar-refractivity contribution is 7.99. The third kappa shape index (κ3) is 7.01. The molecule has 4 nitrogen and oxygen atoms in total. The molecule has 1 atom stereocenters. The number of aryl methyl sites for hydroxylation is 1. The fraction of sp³-hybridized carbons (Fsp3) is 0.440. The minimum Gasteiger partial charge on any atom is -0.352 e. The molecular formula is C25H31ClN2O2S. The summed E-state index contributed by atoms with van der Waals surface area (Å²) < 4.78 is 0. The van der Waals surface area contributed by atoms with E-state index in [1.165, 1.54) is 11.1 Å². The highest BCUT2D eigenvalue weighted by Crippen LogP contribution is 2.22. The molecule has 2 aromatic rings. The molecule has 0 spiro atoms. The highest BCUT2D eigenvalue weighted by Gasteiger charge is 2.28. The van der Waals surface area contributed by atoms with Gasteiger partial charge in [-0.05, 0) is 43.9 Å². The minimum atomic E-state index is -0.552.